The Bertz CT molecular complexity index is 693. The Morgan fingerprint density at radius 2 is 1.91 bits per heavy atom. The zero-order chi connectivity index (χ0) is 15.5. The zero-order valence-corrected chi connectivity index (χ0v) is 12.1. The van der Waals surface area contributed by atoms with E-state index in [9.17, 15) is 14.8 Å². The lowest BCUT2D eigenvalue weighted by Gasteiger charge is -2.25. The van der Waals surface area contributed by atoms with Crippen LogP contribution in [0.3, 0.4) is 0 Å². The van der Waals surface area contributed by atoms with Gasteiger partial charge in [0.25, 0.3) is 0 Å². The number of benzene rings is 2. The molecule has 0 bridgehead atoms. The number of β-amino-alcohol motifs (C(OH)–C–C–N with tert-alkyl or cyclic N) is 1. The molecule has 1 aliphatic heterocycles. The Morgan fingerprint density at radius 3 is 2.64 bits per heavy atom. The van der Waals surface area contributed by atoms with Gasteiger partial charge in [0, 0.05) is 19.1 Å². The number of nitrogens with zero attached hydrogens (tertiary/aromatic N) is 2. The van der Waals surface area contributed by atoms with Crippen LogP contribution >= 0.6 is 0 Å². The smallest absolute Gasteiger partial charge is 0.123 e. The predicted molar refractivity (Wildman–Crippen MR) is 81.3 cm³/mol. The molecule has 1 aliphatic rings. The van der Waals surface area contributed by atoms with Crippen molar-refractivity contribution in [1.82, 2.24) is 4.90 Å². The van der Waals surface area contributed by atoms with Gasteiger partial charge in [0.1, 0.15) is 5.82 Å². The summed E-state index contributed by atoms with van der Waals surface area (Å²) in [5.74, 6) is -0.260. The first-order valence-electron chi connectivity index (χ1n) is 7.33. The van der Waals surface area contributed by atoms with Crippen LogP contribution in [0, 0.1) is 17.1 Å². The van der Waals surface area contributed by atoms with Crippen molar-refractivity contribution in [2.75, 3.05) is 6.54 Å². The molecule has 2 atom stereocenters. The minimum absolute atomic E-state index is 0.0438. The Morgan fingerprint density at radius 1 is 1.18 bits per heavy atom. The summed E-state index contributed by atoms with van der Waals surface area (Å²) >= 11 is 0. The van der Waals surface area contributed by atoms with Crippen LogP contribution in [0.15, 0.2) is 48.5 Å². The van der Waals surface area contributed by atoms with Gasteiger partial charge in [-0.15, -0.1) is 0 Å². The topological polar surface area (TPSA) is 47.3 Å². The van der Waals surface area contributed by atoms with Gasteiger partial charge < -0.3 is 5.11 Å². The second kappa shape index (κ2) is 6.27. The molecule has 0 aliphatic carbocycles. The molecule has 1 saturated heterocycles. The molecule has 0 amide bonds. The van der Waals surface area contributed by atoms with Crippen molar-refractivity contribution in [3.05, 3.63) is 71.0 Å². The summed E-state index contributed by atoms with van der Waals surface area (Å²) in [5, 5.41) is 19.2. The molecule has 112 valence electrons. The van der Waals surface area contributed by atoms with E-state index in [0.29, 0.717) is 25.1 Å². The molecule has 2 aromatic rings. The molecule has 2 aromatic carbocycles. The lowest BCUT2D eigenvalue weighted by atomic mass is 10.0. The summed E-state index contributed by atoms with van der Waals surface area (Å²) in [6.07, 6.45) is 0.227. The maximum atomic E-state index is 13.1. The van der Waals surface area contributed by atoms with Gasteiger partial charge in [-0.2, -0.15) is 5.26 Å². The molecule has 0 saturated carbocycles. The van der Waals surface area contributed by atoms with E-state index in [1.807, 2.05) is 18.2 Å². The first-order chi connectivity index (χ1) is 10.7. The van der Waals surface area contributed by atoms with E-state index < -0.39 is 6.10 Å². The average Bonchev–Trinajstić information content (AvgIpc) is 2.89. The van der Waals surface area contributed by atoms with Gasteiger partial charge >= 0.3 is 0 Å². The normalized spacial score (nSPS) is 21.7. The van der Waals surface area contributed by atoms with Crippen LogP contribution < -0.4 is 0 Å². The minimum Gasteiger partial charge on any atom is -0.392 e. The first-order valence-corrected chi connectivity index (χ1v) is 7.33. The SMILES string of the molecule is N#Cc1ccccc1CN1C[C@H](O)C[C@@H]1c1ccc(F)cc1. The van der Waals surface area contributed by atoms with E-state index in [0.717, 1.165) is 11.1 Å². The molecular formula is C18H17FN2O. The number of aliphatic hydroxyl groups is 1. The van der Waals surface area contributed by atoms with E-state index in [1.165, 1.54) is 12.1 Å². The summed E-state index contributed by atoms with van der Waals surface area (Å²) in [4.78, 5) is 2.15. The van der Waals surface area contributed by atoms with Crippen LogP contribution in [0.1, 0.15) is 29.2 Å². The number of halogens is 1. The highest BCUT2D eigenvalue weighted by molar-refractivity contribution is 5.37. The van der Waals surface area contributed by atoms with Crippen LogP contribution in [0.4, 0.5) is 4.39 Å². The molecule has 0 aromatic heterocycles. The highest BCUT2D eigenvalue weighted by Gasteiger charge is 2.32. The number of likely N-dealkylation sites (tertiary alicyclic amines) is 1. The summed E-state index contributed by atoms with van der Waals surface area (Å²) in [5.41, 5.74) is 2.60. The molecule has 22 heavy (non-hydrogen) atoms. The molecule has 1 N–H and O–H groups in total. The third-order valence-corrected chi connectivity index (χ3v) is 4.15. The number of hydrogen-bond acceptors (Lipinski definition) is 3. The summed E-state index contributed by atoms with van der Waals surface area (Å²) in [7, 11) is 0. The van der Waals surface area contributed by atoms with Crippen molar-refractivity contribution in [3.63, 3.8) is 0 Å². The lowest BCUT2D eigenvalue weighted by molar-refractivity contribution is 0.172. The highest BCUT2D eigenvalue weighted by Crippen LogP contribution is 2.33. The number of hydrogen-bond donors (Lipinski definition) is 1. The van der Waals surface area contributed by atoms with Gasteiger partial charge in [0.05, 0.1) is 17.7 Å². The monoisotopic (exact) mass is 296 g/mol. The number of nitriles is 1. The fourth-order valence-electron chi connectivity index (χ4n) is 3.07. The van der Waals surface area contributed by atoms with Crippen LogP contribution in [-0.4, -0.2) is 22.7 Å². The molecule has 1 fully saturated rings. The van der Waals surface area contributed by atoms with E-state index in [-0.39, 0.29) is 11.9 Å². The van der Waals surface area contributed by atoms with Crippen molar-refractivity contribution in [1.29, 1.82) is 5.26 Å². The average molecular weight is 296 g/mol. The van der Waals surface area contributed by atoms with Crippen molar-refractivity contribution in [3.8, 4) is 6.07 Å². The molecule has 3 rings (SSSR count). The summed E-state index contributed by atoms with van der Waals surface area (Å²) < 4.78 is 13.1. The maximum absolute atomic E-state index is 13.1. The largest absolute Gasteiger partial charge is 0.392 e. The van der Waals surface area contributed by atoms with E-state index in [4.69, 9.17) is 0 Å². The second-order valence-electron chi connectivity index (χ2n) is 5.66. The highest BCUT2D eigenvalue weighted by atomic mass is 19.1. The number of rotatable bonds is 3. The lowest BCUT2D eigenvalue weighted by Crippen LogP contribution is -2.24. The molecule has 0 unspecified atom stereocenters. The molecular weight excluding hydrogens is 279 g/mol. The second-order valence-corrected chi connectivity index (χ2v) is 5.66. The van der Waals surface area contributed by atoms with Crippen LogP contribution in [0.5, 0.6) is 0 Å². The van der Waals surface area contributed by atoms with Crippen LogP contribution in [0.2, 0.25) is 0 Å². The Hall–Kier alpha value is -2.22. The van der Waals surface area contributed by atoms with E-state index in [2.05, 4.69) is 11.0 Å². The van der Waals surface area contributed by atoms with Gasteiger partial charge in [0.2, 0.25) is 0 Å². The molecule has 0 radical (unpaired) electrons. The number of aliphatic hydroxyl groups excluding tert-OH is 1. The third-order valence-electron chi connectivity index (χ3n) is 4.15. The summed E-state index contributed by atoms with van der Waals surface area (Å²) in [6, 6.07) is 16.2. The zero-order valence-electron chi connectivity index (χ0n) is 12.1. The first kappa shape index (κ1) is 14.7. The molecule has 0 spiro atoms. The van der Waals surface area contributed by atoms with Gasteiger partial charge in [0.15, 0.2) is 0 Å². The van der Waals surface area contributed by atoms with Gasteiger partial charge in [-0.05, 0) is 35.7 Å². The maximum Gasteiger partial charge on any atom is 0.123 e. The Labute approximate surface area is 129 Å². The van der Waals surface area contributed by atoms with Crippen molar-refractivity contribution in [2.45, 2.75) is 25.1 Å². The van der Waals surface area contributed by atoms with E-state index >= 15 is 0 Å². The Balaban J connectivity index is 1.85. The van der Waals surface area contributed by atoms with Crippen LogP contribution in [0.25, 0.3) is 0 Å². The van der Waals surface area contributed by atoms with Gasteiger partial charge in [-0.25, -0.2) is 4.39 Å². The Kier molecular flexibility index (Phi) is 4.19. The van der Waals surface area contributed by atoms with Gasteiger partial charge in [-0.1, -0.05) is 30.3 Å². The molecule has 4 heteroatoms. The van der Waals surface area contributed by atoms with Gasteiger partial charge in [-0.3, -0.25) is 4.90 Å². The molecule has 3 nitrogen and oxygen atoms in total. The minimum atomic E-state index is -0.399. The van der Waals surface area contributed by atoms with Crippen molar-refractivity contribution < 1.29 is 9.50 Å². The third kappa shape index (κ3) is 3.01. The standard InChI is InChI=1S/C18H17FN2O/c19-16-7-5-13(6-8-16)18-9-17(22)12-21(18)11-15-4-2-1-3-14(15)10-20/h1-8,17-18,22H,9,11-12H2/t17-,18-/m1/s1. The predicted octanol–water partition coefficient (Wildman–Crippen LogP) is 3.01. The van der Waals surface area contributed by atoms with Crippen LogP contribution in [-0.2, 0) is 6.54 Å². The van der Waals surface area contributed by atoms with E-state index in [1.54, 1.807) is 18.2 Å². The fraction of sp³-hybridized carbons (Fsp3) is 0.278. The van der Waals surface area contributed by atoms with Crippen molar-refractivity contribution in [2.24, 2.45) is 0 Å². The van der Waals surface area contributed by atoms with Crippen molar-refractivity contribution >= 4 is 0 Å². The molecule has 1 heterocycles. The quantitative estimate of drug-likeness (QED) is 0.947. The fourth-order valence-corrected chi connectivity index (χ4v) is 3.07. The summed E-state index contributed by atoms with van der Waals surface area (Å²) in [6.45, 7) is 1.16.